The molecule has 15 heavy (non-hydrogen) atoms. The van der Waals surface area contributed by atoms with Crippen molar-refractivity contribution in [2.45, 2.75) is 32.2 Å². The standard InChI is InChI=1S/C13H18FN/c1-10-2-7-13(15-9-8-10)11-3-5-12(14)6-4-11/h3-6,10,13,15H,2,7-9H2,1H3/t10-,13-/m1/s1. The molecular formula is C13H18FN. The normalized spacial score (nSPS) is 27.3. The SMILES string of the molecule is C[C@H]1CCN[C@@H](c2ccc(F)cc2)CC1. The van der Waals surface area contributed by atoms with Crippen LogP contribution in [0.4, 0.5) is 4.39 Å². The Bertz CT molecular complexity index is 307. The fourth-order valence-corrected chi connectivity index (χ4v) is 2.18. The Balaban J connectivity index is 2.06. The molecule has 82 valence electrons. The average molecular weight is 207 g/mol. The Morgan fingerprint density at radius 3 is 2.60 bits per heavy atom. The van der Waals surface area contributed by atoms with E-state index in [4.69, 9.17) is 0 Å². The molecule has 0 unspecified atom stereocenters. The van der Waals surface area contributed by atoms with Gasteiger partial charge in [-0.2, -0.15) is 0 Å². The fraction of sp³-hybridized carbons (Fsp3) is 0.538. The predicted octanol–water partition coefficient (Wildman–Crippen LogP) is 3.28. The van der Waals surface area contributed by atoms with Crippen LogP contribution in [-0.2, 0) is 0 Å². The van der Waals surface area contributed by atoms with E-state index in [1.54, 1.807) is 12.1 Å². The maximum absolute atomic E-state index is 12.8. The average Bonchev–Trinajstić information content (AvgIpc) is 2.44. The van der Waals surface area contributed by atoms with Crippen LogP contribution in [0.1, 0.15) is 37.8 Å². The summed E-state index contributed by atoms with van der Waals surface area (Å²) in [6.45, 7) is 3.37. The summed E-state index contributed by atoms with van der Waals surface area (Å²) in [5.41, 5.74) is 1.21. The Hall–Kier alpha value is -0.890. The van der Waals surface area contributed by atoms with Gasteiger partial charge in [0, 0.05) is 6.04 Å². The van der Waals surface area contributed by atoms with Gasteiger partial charge >= 0.3 is 0 Å². The molecule has 2 rings (SSSR count). The molecule has 0 aliphatic carbocycles. The number of benzene rings is 1. The van der Waals surface area contributed by atoms with Crippen LogP contribution in [0.5, 0.6) is 0 Å². The lowest BCUT2D eigenvalue weighted by atomic mass is 9.98. The van der Waals surface area contributed by atoms with E-state index in [0.29, 0.717) is 6.04 Å². The van der Waals surface area contributed by atoms with E-state index in [-0.39, 0.29) is 5.82 Å². The zero-order valence-corrected chi connectivity index (χ0v) is 9.17. The van der Waals surface area contributed by atoms with Crippen molar-refractivity contribution in [2.24, 2.45) is 5.92 Å². The lowest BCUT2D eigenvalue weighted by Gasteiger charge is -2.15. The molecule has 1 aliphatic rings. The first-order chi connectivity index (χ1) is 7.25. The van der Waals surface area contributed by atoms with E-state index >= 15 is 0 Å². The van der Waals surface area contributed by atoms with Crippen LogP contribution >= 0.6 is 0 Å². The van der Waals surface area contributed by atoms with Crippen LogP contribution in [0.15, 0.2) is 24.3 Å². The third-order valence-corrected chi connectivity index (χ3v) is 3.25. The number of hydrogen-bond acceptors (Lipinski definition) is 1. The molecule has 1 aliphatic heterocycles. The number of rotatable bonds is 1. The van der Waals surface area contributed by atoms with Crippen LogP contribution in [0.25, 0.3) is 0 Å². The zero-order valence-electron chi connectivity index (χ0n) is 9.17. The first-order valence-corrected chi connectivity index (χ1v) is 5.74. The van der Waals surface area contributed by atoms with Crippen molar-refractivity contribution in [1.82, 2.24) is 5.32 Å². The first kappa shape index (κ1) is 10.6. The third kappa shape index (κ3) is 2.78. The first-order valence-electron chi connectivity index (χ1n) is 5.74. The van der Waals surface area contributed by atoms with Gasteiger partial charge in [-0.1, -0.05) is 19.1 Å². The summed E-state index contributed by atoms with van der Waals surface area (Å²) in [5, 5.41) is 3.53. The highest BCUT2D eigenvalue weighted by atomic mass is 19.1. The zero-order chi connectivity index (χ0) is 10.7. The highest BCUT2D eigenvalue weighted by Crippen LogP contribution is 2.25. The molecular weight excluding hydrogens is 189 g/mol. The predicted molar refractivity (Wildman–Crippen MR) is 60.2 cm³/mol. The minimum atomic E-state index is -0.152. The molecule has 1 fully saturated rings. The van der Waals surface area contributed by atoms with Crippen molar-refractivity contribution in [3.63, 3.8) is 0 Å². The Morgan fingerprint density at radius 2 is 1.87 bits per heavy atom. The van der Waals surface area contributed by atoms with Gasteiger partial charge < -0.3 is 5.32 Å². The molecule has 2 atom stereocenters. The number of halogens is 1. The topological polar surface area (TPSA) is 12.0 Å². The second kappa shape index (κ2) is 4.75. The molecule has 0 spiro atoms. The lowest BCUT2D eigenvalue weighted by molar-refractivity contribution is 0.501. The molecule has 2 heteroatoms. The van der Waals surface area contributed by atoms with E-state index in [0.717, 1.165) is 18.9 Å². The molecule has 1 aromatic carbocycles. The molecule has 0 aromatic heterocycles. The van der Waals surface area contributed by atoms with E-state index < -0.39 is 0 Å². The largest absolute Gasteiger partial charge is 0.310 e. The van der Waals surface area contributed by atoms with E-state index in [1.165, 1.54) is 18.4 Å². The van der Waals surface area contributed by atoms with Gasteiger partial charge in [0.15, 0.2) is 0 Å². The molecule has 1 saturated heterocycles. The van der Waals surface area contributed by atoms with Crippen molar-refractivity contribution in [1.29, 1.82) is 0 Å². The third-order valence-electron chi connectivity index (χ3n) is 3.25. The highest BCUT2D eigenvalue weighted by molar-refractivity contribution is 5.20. The van der Waals surface area contributed by atoms with Gasteiger partial charge in [0.2, 0.25) is 0 Å². The smallest absolute Gasteiger partial charge is 0.123 e. The van der Waals surface area contributed by atoms with Crippen LogP contribution in [0.2, 0.25) is 0 Å². The van der Waals surface area contributed by atoms with Gasteiger partial charge in [-0.3, -0.25) is 0 Å². The summed E-state index contributed by atoms with van der Waals surface area (Å²) in [4.78, 5) is 0. The summed E-state index contributed by atoms with van der Waals surface area (Å²) in [6.07, 6.45) is 3.67. The van der Waals surface area contributed by atoms with Crippen molar-refractivity contribution in [3.8, 4) is 0 Å². The van der Waals surface area contributed by atoms with Gasteiger partial charge in [0.05, 0.1) is 0 Å². The molecule has 0 bridgehead atoms. The second-order valence-electron chi connectivity index (χ2n) is 4.53. The van der Waals surface area contributed by atoms with Crippen LogP contribution in [-0.4, -0.2) is 6.54 Å². The van der Waals surface area contributed by atoms with E-state index in [1.807, 2.05) is 12.1 Å². The van der Waals surface area contributed by atoms with Crippen molar-refractivity contribution in [2.75, 3.05) is 6.54 Å². The Morgan fingerprint density at radius 1 is 1.13 bits per heavy atom. The number of hydrogen-bond donors (Lipinski definition) is 1. The maximum atomic E-state index is 12.8. The minimum absolute atomic E-state index is 0.152. The lowest BCUT2D eigenvalue weighted by Crippen LogP contribution is -2.20. The van der Waals surface area contributed by atoms with Crippen LogP contribution in [0.3, 0.4) is 0 Å². The molecule has 1 nitrogen and oxygen atoms in total. The van der Waals surface area contributed by atoms with Crippen molar-refractivity contribution >= 4 is 0 Å². The van der Waals surface area contributed by atoms with Gasteiger partial charge in [0.1, 0.15) is 5.82 Å². The highest BCUT2D eigenvalue weighted by Gasteiger charge is 2.16. The van der Waals surface area contributed by atoms with Gasteiger partial charge in [-0.25, -0.2) is 4.39 Å². The number of nitrogens with one attached hydrogen (secondary N) is 1. The second-order valence-corrected chi connectivity index (χ2v) is 4.53. The van der Waals surface area contributed by atoms with E-state index in [9.17, 15) is 4.39 Å². The summed E-state index contributed by atoms with van der Waals surface area (Å²) in [5.74, 6) is 0.656. The van der Waals surface area contributed by atoms with Crippen molar-refractivity contribution in [3.05, 3.63) is 35.6 Å². The van der Waals surface area contributed by atoms with Gasteiger partial charge in [-0.05, 0) is 49.4 Å². The van der Waals surface area contributed by atoms with E-state index in [2.05, 4.69) is 12.2 Å². The van der Waals surface area contributed by atoms with Crippen LogP contribution < -0.4 is 5.32 Å². The molecule has 0 radical (unpaired) electrons. The summed E-state index contributed by atoms with van der Waals surface area (Å²) >= 11 is 0. The Labute approximate surface area is 90.7 Å². The van der Waals surface area contributed by atoms with Crippen molar-refractivity contribution < 1.29 is 4.39 Å². The quantitative estimate of drug-likeness (QED) is 0.745. The summed E-state index contributed by atoms with van der Waals surface area (Å²) in [6, 6.07) is 7.29. The molecule has 1 aromatic rings. The van der Waals surface area contributed by atoms with Crippen LogP contribution in [0, 0.1) is 11.7 Å². The maximum Gasteiger partial charge on any atom is 0.123 e. The van der Waals surface area contributed by atoms with Gasteiger partial charge in [-0.15, -0.1) is 0 Å². The molecule has 1 heterocycles. The minimum Gasteiger partial charge on any atom is -0.310 e. The van der Waals surface area contributed by atoms with Gasteiger partial charge in [0.25, 0.3) is 0 Å². The fourth-order valence-electron chi connectivity index (χ4n) is 2.18. The summed E-state index contributed by atoms with van der Waals surface area (Å²) in [7, 11) is 0. The monoisotopic (exact) mass is 207 g/mol. The molecule has 0 amide bonds. The molecule has 1 N–H and O–H groups in total. The summed E-state index contributed by atoms with van der Waals surface area (Å²) < 4.78 is 12.8. The molecule has 0 saturated carbocycles. The Kier molecular flexibility index (Phi) is 3.37.